The number of hydrogen-bond donors (Lipinski definition) is 1. The zero-order valence-corrected chi connectivity index (χ0v) is 19.7. The molecule has 1 atom stereocenters. The molecule has 1 aliphatic heterocycles. The summed E-state index contributed by atoms with van der Waals surface area (Å²) < 4.78 is 0. The minimum Gasteiger partial charge on any atom is -0.322 e. The van der Waals surface area contributed by atoms with Gasteiger partial charge in [0.25, 0.3) is 5.91 Å². The Labute approximate surface area is 206 Å². The summed E-state index contributed by atoms with van der Waals surface area (Å²) in [4.78, 5) is 30.7. The fourth-order valence-corrected chi connectivity index (χ4v) is 5.47. The summed E-state index contributed by atoms with van der Waals surface area (Å²) in [5, 5.41) is 3.08. The molecule has 0 spiro atoms. The van der Waals surface area contributed by atoms with Crippen LogP contribution < -0.4 is 5.32 Å². The molecular formula is C30H29N3O2. The van der Waals surface area contributed by atoms with Gasteiger partial charge in [0.15, 0.2) is 0 Å². The maximum absolute atomic E-state index is 14.0. The van der Waals surface area contributed by atoms with Crippen molar-refractivity contribution in [3.63, 3.8) is 0 Å². The molecule has 35 heavy (non-hydrogen) atoms. The molecule has 176 valence electrons. The summed E-state index contributed by atoms with van der Waals surface area (Å²) in [7, 11) is 0. The van der Waals surface area contributed by atoms with E-state index in [1.807, 2.05) is 72.8 Å². The van der Waals surface area contributed by atoms with Gasteiger partial charge in [0.2, 0.25) is 0 Å². The first-order valence-corrected chi connectivity index (χ1v) is 12.1. The number of imide groups is 1. The van der Waals surface area contributed by atoms with E-state index in [2.05, 4.69) is 28.3 Å². The zero-order valence-electron chi connectivity index (χ0n) is 19.7. The number of benzene rings is 3. The van der Waals surface area contributed by atoms with Crippen LogP contribution in [0.15, 0.2) is 84.9 Å². The Morgan fingerprint density at radius 1 is 0.914 bits per heavy atom. The molecule has 0 bridgehead atoms. The lowest BCUT2D eigenvalue weighted by molar-refractivity contribution is -0.133. The first-order valence-electron chi connectivity index (χ1n) is 12.1. The Hall–Kier alpha value is -3.88. The highest BCUT2D eigenvalue weighted by Crippen LogP contribution is 2.36. The number of terminal acetylenes is 1. The van der Waals surface area contributed by atoms with Crippen molar-refractivity contribution in [2.24, 2.45) is 0 Å². The predicted octanol–water partition coefficient (Wildman–Crippen LogP) is 4.34. The molecule has 3 aromatic carbocycles. The summed E-state index contributed by atoms with van der Waals surface area (Å²) >= 11 is 0. The Bertz CT molecular complexity index is 1210. The second-order valence-electron chi connectivity index (χ2n) is 9.42. The number of rotatable bonds is 8. The average molecular weight is 464 g/mol. The fraction of sp³-hybridized carbons (Fsp3) is 0.267. The van der Waals surface area contributed by atoms with Crippen molar-refractivity contribution in [3.8, 4) is 12.3 Å². The highest BCUT2D eigenvalue weighted by Gasteiger charge is 2.51. The number of hydrogen-bond acceptors (Lipinski definition) is 3. The van der Waals surface area contributed by atoms with E-state index in [1.54, 1.807) is 0 Å². The topological polar surface area (TPSA) is 52.6 Å². The normalized spacial score (nSPS) is 18.4. The summed E-state index contributed by atoms with van der Waals surface area (Å²) in [5.74, 6) is 2.53. The lowest BCUT2D eigenvalue weighted by Crippen LogP contribution is -2.51. The van der Waals surface area contributed by atoms with Gasteiger partial charge in [0, 0.05) is 18.9 Å². The number of amides is 3. The standard InChI is InChI=1S/C30H29N3O2/c1-2-19-32(27-18-17-25-15-9-10-16-26(25)27)22-33-28(34)30(31-29(33)35,20-23-11-5-3-6-12-23)21-24-13-7-4-8-14-24/h1,3-16,27H,17-22H2,(H,31,35)/t27-/m0/s1. The SMILES string of the molecule is C#CCN(CN1C(=O)NC(Cc2ccccc2)(Cc2ccccc2)C1=O)[C@H]1CCc2ccccc21. The van der Waals surface area contributed by atoms with E-state index < -0.39 is 5.54 Å². The van der Waals surface area contributed by atoms with Gasteiger partial charge in [-0.15, -0.1) is 6.42 Å². The van der Waals surface area contributed by atoms with Crippen molar-refractivity contribution in [1.29, 1.82) is 0 Å². The second-order valence-corrected chi connectivity index (χ2v) is 9.42. The molecule has 0 saturated carbocycles. The molecule has 3 aromatic rings. The molecule has 3 amide bonds. The summed E-state index contributed by atoms with van der Waals surface area (Å²) in [6.07, 6.45) is 8.45. The summed E-state index contributed by atoms with van der Waals surface area (Å²) in [6, 6.07) is 27.8. The number of nitrogens with zero attached hydrogens (tertiary/aromatic N) is 2. The van der Waals surface area contributed by atoms with Gasteiger partial charge in [0.05, 0.1) is 13.2 Å². The minimum absolute atomic E-state index is 0.0843. The van der Waals surface area contributed by atoms with Gasteiger partial charge in [-0.2, -0.15) is 0 Å². The molecule has 1 N–H and O–H groups in total. The largest absolute Gasteiger partial charge is 0.326 e. The molecule has 1 heterocycles. The molecule has 0 radical (unpaired) electrons. The maximum Gasteiger partial charge on any atom is 0.326 e. The number of nitrogens with one attached hydrogen (secondary N) is 1. The number of aryl methyl sites for hydroxylation is 1. The molecular weight excluding hydrogens is 434 g/mol. The molecule has 1 fully saturated rings. The highest BCUT2D eigenvalue weighted by atomic mass is 16.2. The molecule has 0 unspecified atom stereocenters. The number of urea groups is 1. The Kier molecular flexibility index (Phi) is 6.39. The Morgan fingerprint density at radius 3 is 2.14 bits per heavy atom. The van der Waals surface area contributed by atoms with Crippen molar-refractivity contribution in [2.75, 3.05) is 13.2 Å². The third kappa shape index (κ3) is 4.58. The van der Waals surface area contributed by atoms with E-state index in [0.29, 0.717) is 19.4 Å². The zero-order chi connectivity index (χ0) is 24.3. The molecule has 5 heteroatoms. The molecule has 2 aliphatic rings. The quantitative estimate of drug-likeness (QED) is 0.399. The maximum atomic E-state index is 14.0. The average Bonchev–Trinajstić information content (AvgIpc) is 3.40. The van der Waals surface area contributed by atoms with Crippen LogP contribution in [0.3, 0.4) is 0 Å². The van der Waals surface area contributed by atoms with Gasteiger partial charge >= 0.3 is 6.03 Å². The van der Waals surface area contributed by atoms with Crippen LogP contribution in [0.1, 0.15) is 34.7 Å². The molecule has 5 rings (SSSR count). The summed E-state index contributed by atoms with van der Waals surface area (Å²) in [6.45, 7) is 0.527. The summed E-state index contributed by atoms with van der Waals surface area (Å²) in [5.41, 5.74) is 3.50. The van der Waals surface area contributed by atoms with E-state index in [4.69, 9.17) is 6.42 Å². The van der Waals surface area contributed by atoms with Crippen LogP contribution in [0.25, 0.3) is 0 Å². The lowest BCUT2D eigenvalue weighted by Gasteiger charge is -2.32. The lowest BCUT2D eigenvalue weighted by atomic mass is 9.84. The first kappa shape index (κ1) is 22.9. The third-order valence-corrected chi connectivity index (χ3v) is 7.10. The van der Waals surface area contributed by atoms with E-state index in [-0.39, 0.29) is 24.6 Å². The van der Waals surface area contributed by atoms with Crippen LogP contribution >= 0.6 is 0 Å². The van der Waals surface area contributed by atoms with Crippen molar-refractivity contribution >= 4 is 11.9 Å². The number of fused-ring (bicyclic) bond motifs is 1. The molecule has 1 aliphatic carbocycles. The minimum atomic E-state index is -1.05. The van der Waals surface area contributed by atoms with Gasteiger partial charge in [-0.1, -0.05) is 90.8 Å². The van der Waals surface area contributed by atoms with Crippen molar-refractivity contribution < 1.29 is 9.59 Å². The second kappa shape index (κ2) is 9.77. The van der Waals surface area contributed by atoms with Gasteiger partial charge in [-0.05, 0) is 35.1 Å². The fourth-order valence-electron chi connectivity index (χ4n) is 5.47. The first-order chi connectivity index (χ1) is 17.1. The van der Waals surface area contributed by atoms with Crippen LogP contribution in [-0.2, 0) is 24.1 Å². The van der Waals surface area contributed by atoms with Crippen LogP contribution in [-0.4, -0.2) is 40.5 Å². The highest BCUT2D eigenvalue weighted by molar-refractivity contribution is 6.07. The van der Waals surface area contributed by atoms with Gasteiger partial charge in [-0.3, -0.25) is 9.69 Å². The van der Waals surface area contributed by atoms with E-state index in [9.17, 15) is 9.59 Å². The number of carbonyl (C=O) groups is 2. The van der Waals surface area contributed by atoms with Crippen LogP contribution in [0.4, 0.5) is 4.79 Å². The van der Waals surface area contributed by atoms with E-state index in [0.717, 1.165) is 24.0 Å². The van der Waals surface area contributed by atoms with Crippen molar-refractivity contribution in [1.82, 2.24) is 15.1 Å². The monoisotopic (exact) mass is 463 g/mol. The molecule has 1 saturated heterocycles. The van der Waals surface area contributed by atoms with Crippen LogP contribution in [0.2, 0.25) is 0 Å². The van der Waals surface area contributed by atoms with Gasteiger partial charge in [-0.25, -0.2) is 9.69 Å². The Balaban J connectivity index is 1.44. The predicted molar refractivity (Wildman–Crippen MR) is 136 cm³/mol. The van der Waals surface area contributed by atoms with Crippen LogP contribution in [0, 0.1) is 12.3 Å². The van der Waals surface area contributed by atoms with Gasteiger partial charge < -0.3 is 5.32 Å². The Morgan fingerprint density at radius 2 is 1.51 bits per heavy atom. The molecule has 5 nitrogen and oxygen atoms in total. The van der Waals surface area contributed by atoms with Crippen molar-refractivity contribution in [3.05, 3.63) is 107 Å². The molecule has 0 aromatic heterocycles. The van der Waals surface area contributed by atoms with Crippen molar-refractivity contribution in [2.45, 2.75) is 37.3 Å². The van der Waals surface area contributed by atoms with Crippen LogP contribution in [0.5, 0.6) is 0 Å². The van der Waals surface area contributed by atoms with E-state index >= 15 is 0 Å². The van der Waals surface area contributed by atoms with E-state index in [1.165, 1.54) is 16.0 Å². The smallest absolute Gasteiger partial charge is 0.322 e. The third-order valence-electron chi connectivity index (χ3n) is 7.10. The van der Waals surface area contributed by atoms with Gasteiger partial charge in [0.1, 0.15) is 5.54 Å². The number of carbonyl (C=O) groups excluding carboxylic acids is 2.